The van der Waals surface area contributed by atoms with Crippen molar-refractivity contribution in [3.63, 3.8) is 0 Å². The molecule has 0 atom stereocenters. The molecule has 4 nitrogen and oxygen atoms in total. The molecule has 0 aromatic heterocycles. The van der Waals surface area contributed by atoms with Crippen LogP contribution in [0, 0.1) is 11.6 Å². The molecule has 0 aliphatic heterocycles. The topological polar surface area (TPSA) is 63.2 Å². The first kappa shape index (κ1) is 16.8. The van der Waals surface area contributed by atoms with Gasteiger partial charge in [-0.3, -0.25) is 4.79 Å². The standard InChI is InChI=1S/C12H14ClF2NO3S/c1-3-7(4-2)16-12(17)10-8(14)5-6-9(11(10)15)20(13,18)19/h5-7H,3-4H2,1-2H3,(H,16,17). The highest BCUT2D eigenvalue weighted by atomic mass is 35.7. The van der Waals surface area contributed by atoms with Gasteiger partial charge in [0.05, 0.1) is 0 Å². The number of rotatable bonds is 5. The predicted octanol–water partition coefficient (Wildman–Crippen LogP) is 2.81. The first-order chi connectivity index (χ1) is 9.22. The molecule has 1 rings (SSSR count). The number of hydrogen-bond donors (Lipinski definition) is 1. The van der Waals surface area contributed by atoms with Crippen LogP contribution in [-0.2, 0) is 9.05 Å². The summed E-state index contributed by atoms with van der Waals surface area (Å²) < 4.78 is 49.9. The van der Waals surface area contributed by atoms with E-state index in [2.05, 4.69) is 5.32 Å². The number of carbonyl (C=O) groups is 1. The van der Waals surface area contributed by atoms with Gasteiger partial charge >= 0.3 is 0 Å². The molecule has 1 amide bonds. The van der Waals surface area contributed by atoms with Gasteiger partial charge in [0.1, 0.15) is 16.3 Å². The summed E-state index contributed by atoms with van der Waals surface area (Å²) in [5, 5.41) is 2.44. The zero-order chi connectivity index (χ0) is 15.5. The van der Waals surface area contributed by atoms with Gasteiger partial charge in [-0.05, 0) is 25.0 Å². The van der Waals surface area contributed by atoms with Crippen LogP contribution in [0.25, 0.3) is 0 Å². The fraction of sp³-hybridized carbons (Fsp3) is 0.417. The Balaban J connectivity index is 3.28. The van der Waals surface area contributed by atoms with E-state index in [1.54, 1.807) is 13.8 Å². The van der Waals surface area contributed by atoms with Crippen molar-refractivity contribution in [1.29, 1.82) is 0 Å². The maximum Gasteiger partial charge on any atom is 0.264 e. The van der Waals surface area contributed by atoms with E-state index in [0.29, 0.717) is 25.0 Å². The van der Waals surface area contributed by atoms with Crippen LogP contribution in [0.15, 0.2) is 17.0 Å². The van der Waals surface area contributed by atoms with E-state index in [1.807, 2.05) is 0 Å². The molecule has 0 saturated heterocycles. The van der Waals surface area contributed by atoms with Crippen molar-refractivity contribution in [2.45, 2.75) is 37.6 Å². The lowest BCUT2D eigenvalue weighted by Crippen LogP contribution is -2.35. The van der Waals surface area contributed by atoms with E-state index in [1.165, 1.54) is 0 Å². The van der Waals surface area contributed by atoms with Crippen LogP contribution in [0.5, 0.6) is 0 Å². The Morgan fingerprint density at radius 1 is 1.30 bits per heavy atom. The van der Waals surface area contributed by atoms with Crippen molar-refractivity contribution >= 4 is 25.6 Å². The first-order valence-corrected chi connectivity index (χ1v) is 8.26. The van der Waals surface area contributed by atoms with E-state index in [4.69, 9.17) is 10.7 Å². The fourth-order valence-corrected chi connectivity index (χ4v) is 2.58. The highest BCUT2D eigenvalue weighted by Gasteiger charge is 2.26. The average Bonchev–Trinajstić information content (AvgIpc) is 2.34. The van der Waals surface area contributed by atoms with Crippen molar-refractivity contribution in [1.82, 2.24) is 5.32 Å². The molecule has 0 spiro atoms. The lowest BCUT2D eigenvalue weighted by Gasteiger charge is -2.15. The van der Waals surface area contributed by atoms with Gasteiger partial charge in [-0.1, -0.05) is 13.8 Å². The lowest BCUT2D eigenvalue weighted by atomic mass is 10.1. The van der Waals surface area contributed by atoms with E-state index in [-0.39, 0.29) is 6.04 Å². The van der Waals surface area contributed by atoms with Crippen molar-refractivity contribution < 1.29 is 22.0 Å². The summed E-state index contributed by atoms with van der Waals surface area (Å²) in [7, 11) is 0.636. The van der Waals surface area contributed by atoms with Crippen LogP contribution in [0.1, 0.15) is 37.0 Å². The Hall–Kier alpha value is -1.21. The number of halogens is 3. The van der Waals surface area contributed by atoms with E-state index in [9.17, 15) is 22.0 Å². The smallest absolute Gasteiger partial charge is 0.264 e. The summed E-state index contributed by atoms with van der Waals surface area (Å²) in [4.78, 5) is 10.9. The van der Waals surface area contributed by atoms with Gasteiger partial charge in [0.2, 0.25) is 0 Å². The van der Waals surface area contributed by atoms with Crippen LogP contribution in [0.3, 0.4) is 0 Å². The van der Waals surface area contributed by atoms with E-state index >= 15 is 0 Å². The van der Waals surface area contributed by atoms with Crippen molar-refractivity contribution in [3.8, 4) is 0 Å². The molecule has 1 N–H and O–H groups in total. The Morgan fingerprint density at radius 3 is 2.30 bits per heavy atom. The molecule has 0 saturated carbocycles. The third-order valence-electron chi connectivity index (χ3n) is 2.87. The molecule has 1 aromatic carbocycles. The molecule has 20 heavy (non-hydrogen) atoms. The highest BCUT2D eigenvalue weighted by Crippen LogP contribution is 2.24. The number of nitrogens with one attached hydrogen (secondary N) is 1. The summed E-state index contributed by atoms with van der Waals surface area (Å²) in [6.07, 6.45) is 1.16. The molecule has 8 heteroatoms. The van der Waals surface area contributed by atoms with Crippen LogP contribution >= 0.6 is 10.7 Å². The van der Waals surface area contributed by atoms with Crippen molar-refractivity contribution in [3.05, 3.63) is 29.3 Å². The Bertz CT molecular complexity index is 615. The fourth-order valence-electron chi connectivity index (χ4n) is 1.68. The maximum atomic E-state index is 14.0. The second-order valence-corrected chi connectivity index (χ2v) is 6.69. The Kier molecular flexibility index (Phi) is 5.47. The average molecular weight is 326 g/mol. The normalized spacial score (nSPS) is 11.7. The van der Waals surface area contributed by atoms with Gasteiger partial charge in [0, 0.05) is 16.7 Å². The molecule has 0 fully saturated rings. The van der Waals surface area contributed by atoms with Gasteiger partial charge in [-0.2, -0.15) is 0 Å². The van der Waals surface area contributed by atoms with Gasteiger partial charge < -0.3 is 5.32 Å². The number of hydrogen-bond acceptors (Lipinski definition) is 3. The van der Waals surface area contributed by atoms with Crippen LogP contribution in [-0.4, -0.2) is 20.4 Å². The number of amides is 1. The summed E-state index contributed by atoms with van der Waals surface area (Å²) in [5.41, 5.74) is -0.946. The lowest BCUT2D eigenvalue weighted by molar-refractivity contribution is 0.0925. The molecule has 0 bridgehead atoms. The van der Waals surface area contributed by atoms with Gasteiger partial charge in [-0.25, -0.2) is 17.2 Å². The second kappa shape index (κ2) is 6.49. The summed E-state index contributed by atoms with van der Waals surface area (Å²) in [5.74, 6) is -3.63. The Labute approximate surface area is 120 Å². The minimum atomic E-state index is -4.40. The van der Waals surface area contributed by atoms with Gasteiger partial charge in [0.15, 0.2) is 5.82 Å². The summed E-state index contributed by atoms with van der Waals surface area (Å²) in [6, 6.07) is 1.12. The third-order valence-corrected chi connectivity index (χ3v) is 4.21. The monoisotopic (exact) mass is 325 g/mol. The van der Waals surface area contributed by atoms with E-state index in [0.717, 1.165) is 0 Å². The van der Waals surface area contributed by atoms with Crippen LogP contribution in [0.2, 0.25) is 0 Å². The largest absolute Gasteiger partial charge is 0.349 e. The highest BCUT2D eigenvalue weighted by molar-refractivity contribution is 8.13. The maximum absolute atomic E-state index is 14.0. The second-order valence-electron chi connectivity index (χ2n) is 4.16. The van der Waals surface area contributed by atoms with Gasteiger partial charge in [-0.15, -0.1) is 0 Å². The Morgan fingerprint density at radius 2 is 1.85 bits per heavy atom. The molecule has 0 heterocycles. The van der Waals surface area contributed by atoms with Gasteiger partial charge in [0.25, 0.3) is 15.0 Å². The molecular formula is C12H14ClF2NO3S. The third kappa shape index (κ3) is 3.67. The van der Waals surface area contributed by atoms with Crippen molar-refractivity contribution in [2.24, 2.45) is 0 Å². The van der Waals surface area contributed by atoms with Crippen LogP contribution in [0.4, 0.5) is 8.78 Å². The van der Waals surface area contributed by atoms with Crippen molar-refractivity contribution in [2.75, 3.05) is 0 Å². The number of carbonyl (C=O) groups excluding carboxylic acids is 1. The molecule has 1 aromatic rings. The minimum Gasteiger partial charge on any atom is -0.349 e. The van der Waals surface area contributed by atoms with Crippen LogP contribution < -0.4 is 5.32 Å². The summed E-state index contributed by atoms with van der Waals surface area (Å²) in [6.45, 7) is 3.61. The zero-order valence-corrected chi connectivity index (χ0v) is 12.5. The molecule has 0 aliphatic rings. The quantitative estimate of drug-likeness (QED) is 0.847. The first-order valence-electron chi connectivity index (χ1n) is 5.95. The zero-order valence-electron chi connectivity index (χ0n) is 10.9. The molecule has 0 aliphatic carbocycles. The molecule has 112 valence electrons. The molecule has 0 unspecified atom stereocenters. The SMILES string of the molecule is CCC(CC)NC(=O)c1c(F)ccc(S(=O)(=O)Cl)c1F. The summed E-state index contributed by atoms with van der Waals surface area (Å²) >= 11 is 0. The molecule has 0 radical (unpaired) electrons. The predicted molar refractivity (Wildman–Crippen MR) is 71.2 cm³/mol. The number of benzene rings is 1. The molecular weight excluding hydrogens is 312 g/mol. The minimum absolute atomic E-state index is 0.252. The van der Waals surface area contributed by atoms with E-state index < -0.39 is 37.1 Å².